The van der Waals surface area contributed by atoms with E-state index in [0.717, 1.165) is 34.7 Å². The predicted molar refractivity (Wildman–Crippen MR) is 114 cm³/mol. The summed E-state index contributed by atoms with van der Waals surface area (Å²) in [6.45, 7) is 3.66. The Hall–Kier alpha value is -1.91. The maximum Gasteiger partial charge on any atom is 0.226 e. The van der Waals surface area contributed by atoms with Gasteiger partial charge >= 0.3 is 0 Å². The molecule has 0 saturated carbocycles. The number of carbonyl (C=O) groups excluding carboxylic acids is 1. The number of halogens is 1. The highest BCUT2D eigenvalue weighted by molar-refractivity contribution is 7.16. The highest BCUT2D eigenvalue weighted by atomic mass is 35.5. The SMILES string of the molecule is O=C(Cc1csc(-c2cnccn2)n1)NCC1CN(Cc2ccc(Cl)s2)CCO1. The topological polar surface area (TPSA) is 80.2 Å². The van der Waals surface area contributed by atoms with Gasteiger partial charge < -0.3 is 10.1 Å². The molecule has 0 spiro atoms. The number of nitrogens with one attached hydrogen (secondary N) is 1. The summed E-state index contributed by atoms with van der Waals surface area (Å²) in [4.78, 5) is 28.7. The minimum absolute atomic E-state index is 0.0197. The van der Waals surface area contributed by atoms with Gasteiger partial charge in [-0.3, -0.25) is 19.7 Å². The van der Waals surface area contributed by atoms with Gasteiger partial charge in [0.2, 0.25) is 5.91 Å². The van der Waals surface area contributed by atoms with Crippen molar-refractivity contribution < 1.29 is 9.53 Å². The van der Waals surface area contributed by atoms with E-state index >= 15 is 0 Å². The normalized spacial score (nSPS) is 17.3. The third-order valence-corrected chi connectivity index (χ3v) is 6.56. The van der Waals surface area contributed by atoms with Gasteiger partial charge in [0.25, 0.3) is 0 Å². The number of thiophene rings is 1. The van der Waals surface area contributed by atoms with Crippen LogP contribution < -0.4 is 5.32 Å². The Morgan fingerprint density at radius 2 is 2.31 bits per heavy atom. The van der Waals surface area contributed by atoms with Crippen LogP contribution in [0, 0.1) is 0 Å². The minimum Gasteiger partial charge on any atom is -0.374 e. The molecule has 1 atom stereocenters. The molecule has 152 valence electrons. The molecule has 1 unspecified atom stereocenters. The van der Waals surface area contributed by atoms with Crippen LogP contribution in [0.1, 0.15) is 10.6 Å². The average molecular weight is 450 g/mol. The molecular formula is C19H20ClN5O2S2. The van der Waals surface area contributed by atoms with Crippen molar-refractivity contribution in [2.45, 2.75) is 19.1 Å². The van der Waals surface area contributed by atoms with Crippen molar-refractivity contribution in [2.75, 3.05) is 26.2 Å². The number of rotatable bonds is 7. The number of carbonyl (C=O) groups is 1. The Bertz CT molecular complexity index is 949. The maximum atomic E-state index is 12.3. The van der Waals surface area contributed by atoms with Crippen LogP contribution >= 0.6 is 34.3 Å². The van der Waals surface area contributed by atoms with Crippen molar-refractivity contribution in [1.82, 2.24) is 25.2 Å². The first-order valence-electron chi connectivity index (χ1n) is 9.21. The largest absolute Gasteiger partial charge is 0.374 e. The maximum absolute atomic E-state index is 12.3. The van der Waals surface area contributed by atoms with E-state index in [9.17, 15) is 4.79 Å². The van der Waals surface area contributed by atoms with Crippen molar-refractivity contribution in [2.24, 2.45) is 0 Å². The van der Waals surface area contributed by atoms with Crippen LogP contribution in [0.4, 0.5) is 0 Å². The van der Waals surface area contributed by atoms with Crippen LogP contribution in [0.15, 0.2) is 36.1 Å². The molecule has 1 aliphatic heterocycles. The van der Waals surface area contributed by atoms with E-state index in [4.69, 9.17) is 16.3 Å². The summed E-state index contributed by atoms with van der Waals surface area (Å²) in [7, 11) is 0. The number of hydrogen-bond donors (Lipinski definition) is 1. The molecule has 1 amide bonds. The molecule has 1 saturated heterocycles. The number of amides is 1. The van der Waals surface area contributed by atoms with Crippen LogP contribution in [0.25, 0.3) is 10.7 Å². The lowest BCUT2D eigenvalue weighted by Gasteiger charge is -2.32. The summed E-state index contributed by atoms with van der Waals surface area (Å²) < 4.78 is 6.61. The van der Waals surface area contributed by atoms with Crippen molar-refractivity contribution in [3.05, 3.63) is 51.0 Å². The van der Waals surface area contributed by atoms with E-state index < -0.39 is 0 Å². The number of ether oxygens (including phenoxy) is 1. The molecule has 0 radical (unpaired) electrons. The Balaban J connectivity index is 1.23. The summed E-state index contributed by atoms with van der Waals surface area (Å²) in [5.41, 5.74) is 1.45. The molecule has 3 aromatic rings. The predicted octanol–water partition coefficient (Wildman–Crippen LogP) is 2.87. The molecule has 0 bridgehead atoms. The molecule has 4 heterocycles. The van der Waals surface area contributed by atoms with E-state index in [1.807, 2.05) is 11.4 Å². The first-order valence-corrected chi connectivity index (χ1v) is 11.3. The minimum atomic E-state index is -0.0632. The summed E-state index contributed by atoms with van der Waals surface area (Å²) >= 11 is 9.07. The van der Waals surface area contributed by atoms with Gasteiger partial charge in [-0.05, 0) is 12.1 Å². The van der Waals surface area contributed by atoms with Crippen LogP contribution in [0.5, 0.6) is 0 Å². The third kappa shape index (κ3) is 5.80. The van der Waals surface area contributed by atoms with E-state index in [2.05, 4.69) is 31.2 Å². The number of aromatic nitrogens is 3. The van der Waals surface area contributed by atoms with Crippen LogP contribution in [-0.2, 0) is 22.5 Å². The number of morpholine rings is 1. The quantitative estimate of drug-likeness (QED) is 0.597. The molecule has 1 N–H and O–H groups in total. The lowest BCUT2D eigenvalue weighted by atomic mass is 10.2. The zero-order valence-electron chi connectivity index (χ0n) is 15.6. The highest BCUT2D eigenvalue weighted by Gasteiger charge is 2.21. The molecular weight excluding hydrogens is 430 g/mol. The number of hydrogen-bond acceptors (Lipinski definition) is 8. The second-order valence-corrected chi connectivity index (χ2v) is 9.31. The zero-order valence-corrected chi connectivity index (χ0v) is 18.0. The Morgan fingerprint density at radius 3 is 3.10 bits per heavy atom. The lowest BCUT2D eigenvalue weighted by Crippen LogP contribution is -2.47. The van der Waals surface area contributed by atoms with Crippen molar-refractivity contribution >= 4 is 40.2 Å². The lowest BCUT2D eigenvalue weighted by molar-refractivity contribution is -0.121. The van der Waals surface area contributed by atoms with Crippen molar-refractivity contribution in [3.8, 4) is 10.7 Å². The fourth-order valence-corrected chi connectivity index (χ4v) is 4.98. The molecule has 1 fully saturated rings. The first-order chi connectivity index (χ1) is 14.2. The first kappa shape index (κ1) is 20.4. The Labute approximate surface area is 181 Å². The molecule has 7 nitrogen and oxygen atoms in total. The summed E-state index contributed by atoms with van der Waals surface area (Å²) in [5, 5.41) is 5.61. The Morgan fingerprint density at radius 1 is 1.38 bits per heavy atom. The fourth-order valence-electron chi connectivity index (χ4n) is 3.07. The third-order valence-electron chi connectivity index (χ3n) is 4.43. The van der Waals surface area contributed by atoms with Gasteiger partial charge in [-0.15, -0.1) is 22.7 Å². The van der Waals surface area contributed by atoms with Gasteiger partial charge in [-0.25, -0.2) is 4.98 Å². The smallest absolute Gasteiger partial charge is 0.226 e. The highest BCUT2D eigenvalue weighted by Crippen LogP contribution is 2.23. The second-order valence-electron chi connectivity index (χ2n) is 6.65. The molecule has 4 rings (SSSR count). The Kier molecular flexibility index (Phi) is 6.83. The van der Waals surface area contributed by atoms with Gasteiger partial charge in [0.15, 0.2) is 0 Å². The number of thiazole rings is 1. The average Bonchev–Trinajstić information content (AvgIpc) is 3.36. The van der Waals surface area contributed by atoms with Gasteiger partial charge in [0, 0.05) is 48.8 Å². The second kappa shape index (κ2) is 9.73. The molecule has 0 aromatic carbocycles. The summed E-state index contributed by atoms with van der Waals surface area (Å²) in [6, 6.07) is 3.98. The van der Waals surface area contributed by atoms with Crippen LogP contribution in [0.3, 0.4) is 0 Å². The standard InChI is InChI=1S/C19H20ClN5O2S2/c20-17-2-1-15(29-17)11-25-5-6-27-14(10-25)8-23-18(26)7-13-12-28-19(24-13)16-9-21-3-4-22-16/h1-4,9,12,14H,5-8,10-11H2,(H,23,26). The molecule has 0 aliphatic carbocycles. The van der Waals surface area contributed by atoms with Gasteiger partial charge in [0.05, 0.1) is 35.4 Å². The number of nitrogens with zero attached hydrogens (tertiary/aromatic N) is 4. The zero-order chi connectivity index (χ0) is 20.1. The monoisotopic (exact) mass is 449 g/mol. The molecule has 10 heteroatoms. The van der Waals surface area contributed by atoms with E-state index in [-0.39, 0.29) is 18.4 Å². The van der Waals surface area contributed by atoms with Crippen molar-refractivity contribution in [1.29, 1.82) is 0 Å². The van der Waals surface area contributed by atoms with E-state index in [1.54, 1.807) is 29.9 Å². The van der Waals surface area contributed by atoms with Crippen molar-refractivity contribution in [3.63, 3.8) is 0 Å². The van der Waals surface area contributed by atoms with Gasteiger partial charge in [0.1, 0.15) is 10.7 Å². The summed E-state index contributed by atoms with van der Waals surface area (Å²) in [6.07, 6.45) is 5.13. The van der Waals surface area contributed by atoms with Crippen LogP contribution in [0.2, 0.25) is 4.34 Å². The summed E-state index contributed by atoms with van der Waals surface area (Å²) in [5.74, 6) is -0.0632. The van der Waals surface area contributed by atoms with Gasteiger partial charge in [-0.1, -0.05) is 11.6 Å². The molecule has 3 aromatic heterocycles. The van der Waals surface area contributed by atoms with Gasteiger partial charge in [-0.2, -0.15) is 0 Å². The van der Waals surface area contributed by atoms with Crippen LogP contribution in [-0.4, -0.2) is 58.1 Å². The van der Waals surface area contributed by atoms with E-state index in [0.29, 0.717) is 18.8 Å². The molecule has 1 aliphatic rings. The fraction of sp³-hybridized carbons (Fsp3) is 0.368. The molecule has 29 heavy (non-hydrogen) atoms. The van der Waals surface area contributed by atoms with E-state index in [1.165, 1.54) is 16.2 Å².